The summed E-state index contributed by atoms with van der Waals surface area (Å²) in [4.78, 5) is 0. The molecule has 0 amide bonds. The molecule has 4 nitrogen and oxygen atoms in total. The lowest BCUT2D eigenvalue weighted by molar-refractivity contribution is -0.0172. The van der Waals surface area contributed by atoms with Gasteiger partial charge < -0.3 is 19.6 Å². The smallest absolute Gasteiger partial charge is 0.130 e. The minimum absolute atomic E-state index is 0.0756. The lowest BCUT2D eigenvalue weighted by Gasteiger charge is -2.11. The van der Waals surface area contributed by atoms with E-state index in [-0.39, 0.29) is 6.10 Å². The van der Waals surface area contributed by atoms with Gasteiger partial charge in [0.05, 0.1) is 19.3 Å². The first kappa shape index (κ1) is 13.2. The zero-order valence-electron chi connectivity index (χ0n) is 10.3. The Morgan fingerprint density at radius 2 is 2.25 bits per heavy atom. The normalized spacial score (nSPS) is 13.0. The second-order valence-corrected chi connectivity index (χ2v) is 3.80. The summed E-state index contributed by atoms with van der Waals surface area (Å²) < 4.78 is 16.4. The van der Waals surface area contributed by atoms with Crippen molar-refractivity contribution >= 4 is 0 Å². The molecule has 92 valence electrons. The van der Waals surface area contributed by atoms with Crippen LogP contribution in [0.3, 0.4) is 0 Å². The number of rotatable bonds is 7. The lowest BCUT2D eigenvalue weighted by Crippen LogP contribution is -2.15. The second kappa shape index (κ2) is 6.68. The van der Waals surface area contributed by atoms with E-state index in [4.69, 9.17) is 19.6 Å². The highest BCUT2D eigenvalue weighted by atomic mass is 16.5. The van der Waals surface area contributed by atoms with Crippen molar-refractivity contribution in [2.45, 2.75) is 40.0 Å². The number of hydrogen-bond donors (Lipinski definition) is 1. The largest absolute Gasteiger partial charge is 0.462 e. The van der Waals surface area contributed by atoms with Gasteiger partial charge in [0.25, 0.3) is 0 Å². The molecule has 1 aromatic rings. The predicted molar refractivity (Wildman–Crippen MR) is 62.1 cm³/mol. The third kappa shape index (κ3) is 3.96. The molecule has 1 atom stereocenters. The van der Waals surface area contributed by atoms with Crippen LogP contribution in [0.2, 0.25) is 0 Å². The fourth-order valence-corrected chi connectivity index (χ4v) is 1.42. The average molecular weight is 227 g/mol. The number of hydrogen-bond acceptors (Lipinski definition) is 4. The van der Waals surface area contributed by atoms with Gasteiger partial charge in [0.2, 0.25) is 0 Å². The van der Waals surface area contributed by atoms with Gasteiger partial charge in [-0.2, -0.15) is 0 Å². The third-order valence-electron chi connectivity index (χ3n) is 2.32. The molecule has 2 N–H and O–H groups in total. The molecule has 0 aliphatic heterocycles. The van der Waals surface area contributed by atoms with Gasteiger partial charge in [0.1, 0.15) is 18.1 Å². The molecule has 0 saturated carbocycles. The predicted octanol–water partition coefficient (Wildman–Crippen LogP) is 1.99. The molecule has 0 fully saturated rings. The van der Waals surface area contributed by atoms with Crippen LogP contribution < -0.4 is 5.73 Å². The Labute approximate surface area is 96.7 Å². The molecule has 0 aromatic carbocycles. The van der Waals surface area contributed by atoms with Crippen LogP contribution in [0.5, 0.6) is 0 Å². The summed E-state index contributed by atoms with van der Waals surface area (Å²) in [7, 11) is 0. The Balaban J connectivity index is 2.36. The van der Waals surface area contributed by atoms with Gasteiger partial charge in [-0.05, 0) is 32.4 Å². The SMILES string of the molecule is CCOCC(C)OCc1cc(C)c(CN)o1. The molecule has 4 heteroatoms. The molecule has 0 radical (unpaired) electrons. The zero-order chi connectivity index (χ0) is 12.0. The van der Waals surface area contributed by atoms with E-state index in [1.165, 1.54) is 0 Å². The van der Waals surface area contributed by atoms with E-state index in [1.54, 1.807) is 0 Å². The van der Waals surface area contributed by atoms with E-state index in [0.717, 1.165) is 17.1 Å². The number of ether oxygens (including phenoxy) is 2. The van der Waals surface area contributed by atoms with E-state index in [1.807, 2.05) is 26.8 Å². The maximum atomic E-state index is 5.58. The molecule has 1 rings (SSSR count). The summed E-state index contributed by atoms with van der Waals surface area (Å²) in [6.07, 6.45) is 0.0756. The van der Waals surface area contributed by atoms with Crippen molar-refractivity contribution in [2.75, 3.05) is 13.2 Å². The van der Waals surface area contributed by atoms with Gasteiger partial charge in [-0.25, -0.2) is 0 Å². The van der Waals surface area contributed by atoms with Gasteiger partial charge in [-0.1, -0.05) is 0 Å². The van der Waals surface area contributed by atoms with Crippen LogP contribution in [0.25, 0.3) is 0 Å². The summed E-state index contributed by atoms with van der Waals surface area (Å²) in [6, 6.07) is 1.97. The van der Waals surface area contributed by atoms with Crippen molar-refractivity contribution in [3.8, 4) is 0 Å². The first-order valence-corrected chi connectivity index (χ1v) is 5.65. The fourth-order valence-electron chi connectivity index (χ4n) is 1.42. The number of aryl methyl sites for hydroxylation is 1. The summed E-state index contributed by atoms with van der Waals surface area (Å²) in [5.74, 6) is 1.65. The Kier molecular flexibility index (Phi) is 5.52. The molecule has 1 aromatic heterocycles. The van der Waals surface area contributed by atoms with E-state index in [2.05, 4.69) is 0 Å². The van der Waals surface area contributed by atoms with Crippen molar-refractivity contribution < 1.29 is 13.9 Å². The zero-order valence-corrected chi connectivity index (χ0v) is 10.3. The van der Waals surface area contributed by atoms with E-state index >= 15 is 0 Å². The maximum absolute atomic E-state index is 5.58. The van der Waals surface area contributed by atoms with E-state index in [0.29, 0.717) is 26.4 Å². The topological polar surface area (TPSA) is 57.6 Å². The summed E-state index contributed by atoms with van der Waals surface area (Å²) >= 11 is 0. The first-order chi connectivity index (χ1) is 7.67. The van der Waals surface area contributed by atoms with Crippen LogP contribution in [0.15, 0.2) is 10.5 Å². The monoisotopic (exact) mass is 227 g/mol. The van der Waals surface area contributed by atoms with Crippen molar-refractivity contribution in [3.05, 3.63) is 23.2 Å². The van der Waals surface area contributed by atoms with Gasteiger partial charge in [0.15, 0.2) is 0 Å². The van der Waals surface area contributed by atoms with Crippen LogP contribution in [0.4, 0.5) is 0 Å². The van der Waals surface area contributed by atoms with Crippen LogP contribution in [-0.2, 0) is 22.6 Å². The lowest BCUT2D eigenvalue weighted by atomic mass is 10.3. The Bertz CT molecular complexity index is 309. The van der Waals surface area contributed by atoms with Crippen LogP contribution in [0.1, 0.15) is 30.9 Å². The number of furan rings is 1. The third-order valence-corrected chi connectivity index (χ3v) is 2.32. The molecule has 0 aliphatic rings. The maximum Gasteiger partial charge on any atom is 0.130 e. The highest BCUT2D eigenvalue weighted by Crippen LogP contribution is 2.15. The van der Waals surface area contributed by atoms with Gasteiger partial charge in [-0.15, -0.1) is 0 Å². The molecule has 1 unspecified atom stereocenters. The van der Waals surface area contributed by atoms with E-state index in [9.17, 15) is 0 Å². The molecule has 16 heavy (non-hydrogen) atoms. The quantitative estimate of drug-likeness (QED) is 0.774. The Morgan fingerprint density at radius 3 is 2.81 bits per heavy atom. The van der Waals surface area contributed by atoms with Gasteiger partial charge in [-0.3, -0.25) is 0 Å². The highest BCUT2D eigenvalue weighted by molar-refractivity contribution is 5.19. The molecule has 0 saturated heterocycles. The fraction of sp³-hybridized carbons (Fsp3) is 0.667. The first-order valence-electron chi connectivity index (χ1n) is 5.65. The molecule has 0 bridgehead atoms. The minimum atomic E-state index is 0.0756. The molecule has 0 spiro atoms. The number of nitrogens with two attached hydrogens (primary N) is 1. The molecular weight excluding hydrogens is 206 g/mol. The van der Waals surface area contributed by atoms with Crippen molar-refractivity contribution in [1.82, 2.24) is 0 Å². The van der Waals surface area contributed by atoms with Gasteiger partial charge in [0, 0.05) is 6.61 Å². The summed E-state index contributed by atoms with van der Waals surface area (Å²) in [5.41, 5.74) is 6.61. The van der Waals surface area contributed by atoms with E-state index < -0.39 is 0 Å². The molecular formula is C12H21NO3. The van der Waals surface area contributed by atoms with Crippen molar-refractivity contribution in [1.29, 1.82) is 0 Å². The molecule has 0 aliphatic carbocycles. The van der Waals surface area contributed by atoms with Crippen LogP contribution >= 0.6 is 0 Å². The minimum Gasteiger partial charge on any atom is -0.462 e. The standard InChI is InChI=1S/C12H21NO3/c1-4-14-7-10(3)15-8-11-5-9(2)12(6-13)16-11/h5,10H,4,6-8,13H2,1-3H3. The van der Waals surface area contributed by atoms with Crippen LogP contribution in [-0.4, -0.2) is 19.3 Å². The Morgan fingerprint density at radius 1 is 1.50 bits per heavy atom. The summed E-state index contributed by atoms with van der Waals surface area (Å²) in [5, 5.41) is 0. The van der Waals surface area contributed by atoms with Gasteiger partial charge >= 0.3 is 0 Å². The summed E-state index contributed by atoms with van der Waals surface area (Å²) in [6.45, 7) is 8.16. The second-order valence-electron chi connectivity index (χ2n) is 3.80. The van der Waals surface area contributed by atoms with Crippen LogP contribution in [0, 0.1) is 6.92 Å². The highest BCUT2D eigenvalue weighted by Gasteiger charge is 2.08. The Hall–Kier alpha value is -0.840. The van der Waals surface area contributed by atoms with Crippen molar-refractivity contribution in [3.63, 3.8) is 0 Å². The molecule has 1 heterocycles. The average Bonchev–Trinajstić information content (AvgIpc) is 2.64. The van der Waals surface area contributed by atoms with Crippen molar-refractivity contribution in [2.24, 2.45) is 5.73 Å².